The van der Waals surface area contributed by atoms with Crippen molar-refractivity contribution in [2.45, 2.75) is 19.4 Å². The first kappa shape index (κ1) is 13.3. The van der Waals surface area contributed by atoms with Crippen LogP contribution in [0.15, 0.2) is 18.2 Å². The lowest BCUT2D eigenvalue weighted by Crippen LogP contribution is -2.21. The molecule has 1 aliphatic heterocycles. The number of carbonyl (C=O) groups is 1. The molecule has 98 valence electrons. The second kappa shape index (κ2) is 5.67. The summed E-state index contributed by atoms with van der Waals surface area (Å²) in [5.74, 6) is -0.877. The molecule has 2 rings (SSSR count). The molecule has 1 fully saturated rings. The maximum atomic E-state index is 12.9. The molecule has 1 unspecified atom stereocenters. The van der Waals surface area contributed by atoms with E-state index >= 15 is 0 Å². The van der Waals surface area contributed by atoms with Crippen molar-refractivity contribution >= 4 is 17.6 Å². The van der Waals surface area contributed by atoms with Crippen molar-refractivity contribution in [3.05, 3.63) is 34.6 Å². The summed E-state index contributed by atoms with van der Waals surface area (Å²) in [5, 5.41) is 9.17. The van der Waals surface area contributed by atoms with Gasteiger partial charge in [0, 0.05) is 24.5 Å². The van der Waals surface area contributed by atoms with Gasteiger partial charge in [0.2, 0.25) is 0 Å². The van der Waals surface area contributed by atoms with Crippen molar-refractivity contribution in [3.63, 3.8) is 0 Å². The van der Waals surface area contributed by atoms with Gasteiger partial charge in [-0.3, -0.25) is 9.69 Å². The van der Waals surface area contributed by atoms with Crippen molar-refractivity contribution in [2.24, 2.45) is 5.92 Å². The SMILES string of the molecule is O=C(O)CC1CCN(Cc2ccc(F)cc2Cl)C1. The first-order chi connectivity index (χ1) is 8.54. The second-order valence-electron chi connectivity index (χ2n) is 4.72. The number of aliphatic carboxylic acids is 1. The third kappa shape index (κ3) is 3.43. The van der Waals surface area contributed by atoms with Gasteiger partial charge in [0.1, 0.15) is 5.82 Å². The fourth-order valence-corrected chi connectivity index (χ4v) is 2.59. The van der Waals surface area contributed by atoms with Crippen LogP contribution in [0.5, 0.6) is 0 Å². The Labute approximate surface area is 110 Å². The quantitative estimate of drug-likeness (QED) is 0.915. The van der Waals surface area contributed by atoms with Gasteiger partial charge >= 0.3 is 5.97 Å². The molecule has 1 heterocycles. The van der Waals surface area contributed by atoms with Crippen LogP contribution in [0, 0.1) is 11.7 Å². The molecule has 0 aliphatic carbocycles. The van der Waals surface area contributed by atoms with Crippen molar-refractivity contribution in [2.75, 3.05) is 13.1 Å². The number of carboxylic acid groups (broad SMARTS) is 1. The van der Waals surface area contributed by atoms with Crippen molar-refractivity contribution in [1.29, 1.82) is 0 Å². The summed E-state index contributed by atoms with van der Waals surface area (Å²) in [6.07, 6.45) is 1.11. The lowest BCUT2D eigenvalue weighted by Gasteiger charge is -2.16. The van der Waals surface area contributed by atoms with Crippen LogP contribution in [0.25, 0.3) is 0 Å². The normalized spacial score (nSPS) is 20.2. The zero-order chi connectivity index (χ0) is 13.1. The van der Waals surface area contributed by atoms with E-state index in [1.807, 2.05) is 0 Å². The minimum atomic E-state index is -0.748. The molecule has 0 radical (unpaired) electrons. The molecule has 1 saturated heterocycles. The molecule has 18 heavy (non-hydrogen) atoms. The summed E-state index contributed by atoms with van der Waals surface area (Å²) in [5.41, 5.74) is 0.883. The summed E-state index contributed by atoms with van der Waals surface area (Å²) >= 11 is 5.97. The molecule has 1 aliphatic rings. The van der Waals surface area contributed by atoms with Gasteiger partial charge in [0.25, 0.3) is 0 Å². The Kier molecular flexibility index (Phi) is 4.19. The third-order valence-electron chi connectivity index (χ3n) is 3.24. The predicted molar refractivity (Wildman–Crippen MR) is 67.0 cm³/mol. The van der Waals surface area contributed by atoms with E-state index in [9.17, 15) is 9.18 Å². The second-order valence-corrected chi connectivity index (χ2v) is 5.13. The minimum absolute atomic E-state index is 0.210. The third-order valence-corrected chi connectivity index (χ3v) is 3.59. The highest BCUT2D eigenvalue weighted by molar-refractivity contribution is 6.31. The van der Waals surface area contributed by atoms with E-state index in [1.54, 1.807) is 6.07 Å². The zero-order valence-corrected chi connectivity index (χ0v) is 10.7. The summed E-state index contributed by atoms with van der Waals surface area (Å²) in [6, 6.07) is 4.38. The van der Waals surface area contributed by atoms with Crippen LogP contribution in [-0.4, -0.2) is 29.1 Å². The number of hydrogen-bond acceptors (Lipinski definition) is 2. The van der Waals surface area contributed by atoms with Crippen LogP contribution in [0.3, 0.4) is 0 Å². The van der Waals surface area contributed by atoms with Gasteiger partial charge in [-0.1, -0.05) is 17.7 Å². The largest absolute Gasteiger partial charge is 0.481 e. The molecule has 0 aromatic heterocycles. The minimum Gasteiger partial charge on any atom is -0.481 e. The fraction of sp³-hybridized carbons (Fsp3) is 0.462. The van der Waals surface area contributed by atoms with Crippen LogP contribution in [0.2, 0.25) is 5.02 Å². The number of halogens is 2. The Balaban J connectivity index is 1.93. The Hall–Kier alpha value is -1.13. The van der Waals surface area contributed by atoms with Crippen LogP contribution in [0.4, 0.5) is 4.39 Å². The van der Waals surface area contributed by atoms with Crippen LogP contribution >= 0.6 is 11.6 Å². The number of hydrogen-bond donors (Lipinski definition) is 1. The van der Waals surface area contributed by atoms with Crippen molar-refractivity contribution in [3.8, 4) is 0 Å². The Bertz CT molecular complexity index is 453. The van der Waals surface area contributed by atoms with Gasteiger partial charge in [0.05, 0.1) is 0 Å². The Morgan fingerprint density at radius 3 is 3.00 bits per heavy atom. The molecule has 1 atom stereocenters. The van der Waals surface area contributed by atoms with E-state index in [2.05, 4.69) is 4.90 Å². The van der Waals surface area contributed by atoms with Crippen LogP contribution in [-0.2, 0) is 11.3 Å². The van der Waals surface area contributed by atoms with Gasteiger partial charge in [-0.25, -0.2) is 4.39 Å². The van der Waals surface area contributed by atoms with Gasteiger partial charge in [-0.05, 0) is 36.6 Å². The predicted octanol–water partition coefficient (Wildman–Crippen LogP) is 2.78. The van der Waals surface area contributed by atoms with E-state index in [0.717, 1.165) is 25.1 Å². The van der Waals surface area contributed by atoms with Crippen molar-refractivity contribution in [1.82, 2.24) is 4.90 Å². The molecule has 0 spiro atoms. The van der Waals surface area contributed by atoms with Gasteiger partial charge in [-0.2, -0.15) is 0 Å². The number of rotatable bonds is 4. The lowest BCUT2D eigenvalue weighted by atomic mass is 10.1. The van der Waals surface area contributed by atoms with E-state index in [-0.39, 0.29) is 18.2 Å². The van der Waals surface area contributed by atoms with E-state index in [1.165, 1.54) is 12.1 Å². The molecule has 5 heteroatoms. The van der Waals surface area contributed by atoms with Gasteiger partial charge < -0.3 is 5.11 Å². The molecular weight excluding hydrogens is 257 g/mol. The zero-order valence-electron chi connectivity index (χ0n) is 9.90. The first-order valence-electron chi connectivity index (χ1n) is 5.92. The maximum absolute atomic E-state index is 12.9. The fourth-order valence-electron chi connectivity index (χ4n) is 2.36. The Morgan fingerprint density at radius 2 is 2.33 bits per heavy atom. The summed E-state index contributed by atoms with van der Waals surface area (Å²) in [7, 11) is 0. The lowest BCUT2D eigenvalue weighted by molar-refractivity contribution is -0.138. The maximum Gasteiger partial charge on any atom is 0.303 e. The van der Waals surface area contributed by atoms with E-state index < -0.39 is 5.97 Å². The smallest absolute Gasteiger partial charge is 0.303 e. The molecule has 1 N–H and O–H groups in total. The summed E-state index contributed by atoms with van der Waals surface area (Å²) < 4.78 is 12.9. The summed E-state index contributed by atoms with van der Waals surface area (Å²) in [6.45, 7) is 2.28. The Morgan fingerprint density at radius 1 is 1.56 bits per heavy atom. The standard InChI is InChI=1S/C13H15ClFNO2/c14-12-6-11(15)2-1-10(12)8-16-4-3-9(7-16)5-13(17)18/h1-2,6,9H,3-5,7-8H2,(H,17,18). The molecule has 1 aromatic carbocycles. The molecule has 0 amide bonds. The molecule has 1 aromatic rings. The molecule has 0 saturated carbocycles. The van der Waals surface area contributed by atoms with E-state index in [4.69, 9.17) is 16.7 Å². The molecular formula is C13H15ClFNO2. The topological polar surface area (TPSA) is 40.5 Å². The first-order valence-corrected chi connectivity index (χ1v) is 6.30. The van der Waals surface area contributed by atoms with Gasteiger partial charge in [-0.15, -0.1) is 0 Å². The van der Waals surface area contributed by atoms with Gasteiger partial charge in [0.15, 0.2) is 0 Å². The van der Waals surface area contributed by atoms with E-state index in [0.29, 0.717) is 11.6 Å². The molecule has 3 nitrogen and oxygen atoms in total. The summed E-state index contributed by atoms with van der Waals surface area (Å²) in [4.78, 5) is 12.8. The van der Waals surface area contributed by atoms with Crippen molar-refractivity contribution < 1.29 is 14.3 Å². The monoisotopic (exact) mass is 271 g/mol. The number of benzene rings is 1. The average molecular weight is 272 g/mol. The number of likely N-dealkylation sites (tertiary alicyclic amines) is 1. The highest BCUT2D eigenvalue weighted by Crippen LogP contribution is 2.24. The number of nitrogens with zero attached hydrogens (tertiary/aromatic N) is 1. The van der Waals surface area contributed by atoms with Crippen LogP contribution in [0.1, 0.15) is 18.4 Å². The highest BCUT2D eigenvalue weighted by atomic mass is 35.5. The van der Waals surface area contributed by atoms with Crippen LogP contribution < -0.4 is 0 Å². The highest BCUT2D eigenvalue weighted by Gasteiger charge is 2.24. The number of carboxylic acids is 1. The average Bonchev–Trinajstić information content (AvgIpc) is 2.69. The molecule has 0 bridgehead atoms.